The zero-order valence-corrected chi connectivity index (χ0v) is 13.0. The normalized spacial score (nSPS) is 12.3. The number of thioether (sulfide) groups is 1. The molecule has 0 saturated carbocycles. The van der Waals surface area contributed by atoms with Crippen LogP contribution in [0.2, 0.25) is 0 Å². The highest BCUT2D eigenvalue weighted by molar-refractivity contribution is 8.00. The van der Waals surface area contributed by atoms with Crippen molar-refractivity contribution in [2.24, 2.45) is 0 Å². The lowest BCUT2D eigenvalue weighted by atomic mass is 10.1. The van der Waals surface area contributed by atoms with E-state index in [1.54, 1.807) is 12.1 Å². The summed E-state index contributed by atoms with van der Waals surface area (Å²) >= 11 is 1.24. The predicted molar refractivity (Wildman–Crippen MR) is 82.8 cm³/mol. The van der Waals surface area contributed by atoms with Gasteiger partial charge in [0.05, 0.1) is 11.5 Å². The SMILES string of the molecule is Cc1ccc(C(=O)C(C)Sc2nnc(-c3ccco3)o2)cc1. The van der Waals surface area contributed by atoms with Crippen LogP contribution in [-0.4, -0.2) is 21.2 Å². The highest BCUT2D eigenvalue weighted by Gasteiger charge is 2.20. The number of hydrogen-bond donors (Lipinski definition) is 0. The van der Waals surface area contributed by atoms with Crippen LogP contribution in [0.5, 0.6) is 0 Å². The zero-order chi connectivity index (χ0) is 15.5. The summed E-state index contributed by atoms with van der Waals surface area (Å²) in [5.74, 6) is 0.849. The molecule has 3 rings (SSSR count). The smallest absolute Gasteiger partial charge is 0.284 e. The number of nitrogens with zero attached hydrogens (tertiary/aromatic N) is 2. The first-order valence-electron chi connectivity index (χ1n) is 6.78. The first kappa shape index (κ1) is 14.6. The van der Waals surface area contributed by atoms with Crippen molar-refractivity contribution >= 4 is 17.5 Å². The molecule has 0 aliphatic carbocycles. The number of rotatable bonds is 5. The van der Waals surface area contributed by atoms with Gasteiger partial charge in [-0.15, -0.1) is 10.2 Å². The monoisotopic (exact) mass is 314 g/mol. The zero-order valence-electron chi connectivity index (χ0n) is 12.1. The molecule has 2 aromatic heterocycles. The van der Waals surface area contributed by atoms with Crippen molar-refractivity contribution in [3.05, 3.63) is 53.8 Å². The van der Waals surface area contributed by atoms with Crippen molar-refractivity contribution in [3.8, 4) is 11.7 Å². The molecule has 1 aromatic carbocycles. The van der Waals surface area contributed by atoms with E-state index in [9.17, 15) is 4.79 Å². The van der Waals surface area contributed by atoms with Gasteiger partial charge in [0.25, 0.3) is 11.1 Å². The number of carbonyl (C=O) groups is 1. The van der Waals surface area contributed by atoms with Crippen LogP contribution >= 0.6 is 11.8 Å². The predicted octanol–water partition coefficient (Wildman–Crippen LogP) is 4.00. The Bertz CT molecular complexity index is 763. The number of benzene rings is 1. The molecule has 2 heterocycles. The van der Waals surface area contributed by atoms with Crippen LogP contribution in [0.25, 0.3) is 11.7 Å². The van der Waals surface area contributed by atoms with Crippen molar-refractivity contribution in [2.45, 2.75) is 24.3 Å². The highest BCUT2D eigenvalue weighted by atomic mass is 32.2. The third-order valence-electron chi connectivity index (χ3n) is 3.12. The quantitative estimate of drug-likeness (QED) is 0.523. The molecule has 1 atom stereocenters. The maximum atomic E-state index is 12.4. The van der Waals surface area contributed by atoms with Crippen molar-refractivity contribution in [1.29, 1.82) is 0 Å². The van der Waals surface area contributed by atoms with Crippen LogP contribution in [-0.2, 0) is 0 Å². The van der Waals surface area contributed by atoms with E-state index in [1.807, 2.05) is 38.1 Å². The van der Waals surface area contributed by atoms with Gasteiger partial charge in [0, 0.05) is 5.56 Å². The number of furan rings is 1. The summed E-state index contributed by atoms with van der Waals surface area (Å²) in [6.45, 7) is 3.81. The number of Topliss-reactive ketones (excluding diaryl/α,β-unsaturated/α-hetero) is 1. The first-order chi connectivity index (χ1) is 10.6. The van der Waals surface area contributed by atoms with Gasteiger partial charge in [0.1, 0.15) is 0 Å². The summed E-state index contributed by atoms with van der Waals surface area (Å²) in [6.07, 6.45) is 1.54. The van der Waals surface area contributed by atoms with Gasteiger partial charge in [-0.2, -0.15) is 0 Å². The number of aryl methyl sites for hydroxylation is 1. The molecule has 3 aromatic rings. The van der Waals surface area contributed by atoms with Crippen molar-refractivity contribution in [1.82, 2.24) is 10.2 Å². The number of ketones is 1. The van der Waals surface area contributed by atoms with E-state index in [0.717, 1.165) is 5.56 Å². The molecule has 112 valence electrons. The van der Waals surface area contributed by atoms with E-state index in [-0.39, 0.29) is 11.0 Å². The fourth-order valence-corrected chi connectivity index (χ4v) is 2.68. The Morgan fingerprint density at radius 2 is 1.95 bits per heavy atom. The molecule has 0 spiro atoms. The second-order valence-corrected chi connectivity index (χ2v) is 6.13. The minimum absolute atomic E-state index is 0.0303. The third kappa shape index (κ3) is 3.12. The van der Waals surface area contributed by atoms with Gasteiger partial charge < -0.3 is 8.83 Å². The molecule has 0 radical (unpaired) electrons. The minimum Gasteiger partial charge on any atom is -0.459 e. The molecular formula is C16H14N2O3S. The summed E-state index contributed by atoms with van der Waals surface area (Å²) < 4.78 is 10.7. The van der Waals surface area contributed by atoms with Crippen molar-refractivity contribution in [3.63, 3.8) is 0 Å². The molecule has 0 aliphatic rings. The molecule has 0 amide bonds. The Morgan fingerprint density at radius 1 is 1.18 bits per heavy atom. The average molecular weight is 314 g/mol. The minimum atomic E-state index is -0.312. The molecule has 0 N–H and O–H groups in total. The summed E-state index contributed by atoms with van der Waals surface area (Å²) in [7, 11) is 0. The lowest BCUT2D eigenvalue weighted by molar-refractivity contribution is 0.0993. The van der Waals surface area contributed by atoms with Crippen LogP contribution in [0.1, 0.15) is 22.8 Å². The molecule has 0 fully saturated rings. The second-order valence-electron chi connectivity index (χ2n) is 4.84. The van der Waals surface area contributed by atoms with Gasteiger partial charge in [0.2, 0.25) is 0 Å². The first-order valence-corrected chi connectivity index (χ1v) is 7.66. The fraction of sp³-hybridized carbons (Fsp3) is 0.188. The topological polar surface area (TPSA) is 69.1 Å². The molecular weight excluding hydrogens is 300 g/mol. The van der Waals surface area contributed by atoms with Gasteiger partial charge in [-0.05, 0) is 26.0 Å². The van der Waals surface area contributed by atoms with Crippen LogP contribution in [0.4, 0.5) is 0 Å². The Morgan fingerprint density at radius 3 is 2.64 bits per heavy atom. The number of carbonyl (C=O) groups excluding carboxylic acids is 1. The van der Waals surface area contributed by atoms with E-state index in [0.29, 0.717) is 22.4 Å². The lowest BCUT2D eigenvalue weighted by Crippen LogP contribution is -2.13. The summed E-state index contributed by atoms with van der Waals surface area (Å²) in [5.41, 5.74) is 1.80. The standard InChI is InChI=1S/C16H14N2O3S/c1-10-5-7-12(8-6-10)14(19)11(2)22-16-18-17-15(21-16)13-4-3-9-20-13/h3-9,11H,1-2H3. The highest BCUT2D eigenvalue weighted by Crippen LogP contribution is 2.27. The molecule has 0 bridgehead atoms. The lowest BCUT2D eigenvalue weighted by Gasteiger charge is -2.07. The molecule has 22 heavy (non-hydrogen) atoms. The number of hydrogen-bond acceptors (Lipinski definition) is 6. The van der Waals surface area contributed by atoms with Crippen LogP contribution < -0.4 is 0 Å². The van der Waals surface area contributed by atoms with Gasteiger partial charge in [-0.3, -0.25) is 4.79 Å². The summed E-state index contributed by atoms with van der Waals surface area (Å²) in [6, 6.07) is 11.0. The fourth-order valence-electron chi connectivity index (χ4n) is 1.91. The average Bonchev–Trinajstić information content (AvgIpc) is 3.18. The Balaban J connectivity index is 1.70. The maximum absolute atomic E-state index is 12.4. The Kier molecular flexibility index (Phi) is 4.11. The number of aromatic nitrogens is 2. The van der Waals surface area contributed by atoms with Crippen molar-refractivity contribution in [2.75, 3.05) is 0 Å². The molecule has 0 aliphatic heterocycles. The van der Waals surface area contributed by atoms with Crippen LogP contribution in [0.15, 0.2) is 56.7 Å². The maximum Gasteiger partial charge on any atom is 0.284 e. The van der Waals surface area contributed by atoms with Gasteiger partial charge in [0.15, 0.2) is 11.5 Å². The molecule has 0 saturated heterocycles. The Labute approximate surface area is 131 Å². The summed E-state index contributed by atoms with van der Waals surface area (Å²) in [4.78, 5) is 12.4. The van der Waals surface area contributed by atoms with E-state index in [1.165, 1.54) is 18.0 Å². The largest absolute Gasteiger partial charge is 0.459 e. The third-order valence-corrected chi connectivity index (χ3v) is 4.06. The van der Waals surface area contributed by atoms with Gasteiger partial charge in [-0.1, -0.05) is 41.6 Å². The molecule has 6 heteroatoms. The van der Waals surface area contributed by atoms with E-state index >= 15 is 0 Å². The second kappa shape index (κ2) is 6.19. The van der Waals surface area contributed by atoms with E-state index in [4.69, 9.17) is 8.83 Å². The molecule has 5 nitrogen and oxygen atoms in total. The van der Waals surface area contributed by atoms with Crippen LogP contribution in [0, 0.1) is 6.92 Å². The molecule has 1 unspecified atom stereocenters. The van der Waals surface area contributed by atoms with Crippen LogP contribution in [0.3, 0.4) is 0 Å². The van der Waals surface area contributed by atoms with Gasteiger partial charge >= 0.3 is 0 Å². The Hall–Kier alpha value is -2.34. The summed E-state index contributed by atoms with van der Waals surface area (Å²) in [5, 5.41) is 7.88. The van der Waals surface area contributed by atoms with Gasteiger partial charge in [-0.25, -0.2) is 0 Å². The van der Waals surface area contributed by atoms with Crippen molar-refractivity contribution < 1.29 is 13.6 Å². The van der Waals surface area contributed by atoms with E-state index in [2.05, 4.69) is 10.2 Å². The van der Waals surface area contributed by atoms with E-state index < -0.39 is 0 Å².